The maximum absolute atomic E-state index is 12.1. The Hall–Kier alpha value is -1.57. The van der Waals surface area contributed by atoms with Crippen LogP contribution in [-0.2, 0) is 0 Å². The van der Waals surface area contributed by atoms with Crippen molar-refractivity contribution in [2.24, 2.45) is 0 Å². The molecule has 1 saturated heterocycles. The number of hydrogen-bond donors (Lipinski definition) is 0. The fraction of sp³-hybridized carbons (Fsp3) is 0.400. The van der Waals surface area contributed by atoms with E-state index in [9.17, 15) is 4.79 Å². The maximum Gasteiger partial charge on any atom is 0.187 e. The number of carbonyl (C=O) groups excluding carboxylic acids is 1. The van der Waals surface area contributed by atoms with Gasteiger partial charge in [0.2, 0.25) is 0 Å². The minimum atomic E-state index is 0.120. The summed E-state index contributed by atoms with van der Waals surface area (Å²) in [7, 11) is 0. The molecule has 1 aliphatic heterocycles. The predicted octanol–water partition coefficient (Wildman–Crippen LogP) is 3.26. The zero-order valence-corrected chi connectivity index (χ0v) is 10.4. The fourth-order valence-corrected chi connectivity index (χ4v) is 2.26. The molecule has 1 heterocycles. The largest absolute Gasteiger partial charge is 0.375 e. The number of rotatable bonds is 4. The Morgan fingerprint density at radius 3 is 2.47 bits per heavy atom. The number of nitrogens with zero attached hydrogens (tertiary/aromatic N) is 1. The van der Waals surface area contributed by atoms with Crippen molar-refractivity contribution in [2.45, 2.75) is 26.2 Å². The summed E-state index contributed by atoms with van der Waals surface area (Å²) in [5, 5.41) is 0. The number of likely N-dealkylation sites (tertiary alicyclic amines) is 1. The van der Waals surface area contributed by atoms with Gasteiger partial charge in [-0.05, 0) is 19.3 Å². The van der Waals surface area contributed by atoms with E-state index in [1.165, 1.54) is 18.5 Å². The molecular weight excluding hydrogens is 210 g/mol. The highest BCUT2D eigenvalue weighted by molar-refractivity contribution is 6.04. The first-order valence-electron chi connectivity index (χ1n) is 6.36. The molecule has 0 bridgehead atoms. The molecule has 0 atom stereocenters. The van der Waals surface area contributed by atoms with E-state index in [0.29, 0.717) is 0 Å². The second kappa shape index (κ2) is 5.67. The molecule has 1 aliphatic rings. The second-order valence-electron chi connectivity index (χ2n) is 4.41. The van der Waals surface area contributed by atoms with Gasteiger partial charge in [-0.25, -0.2) is 0 Å². The van der Waals surface area contributed by atoms with Gasteiger partial charge in [-0.3, -0.25) is 4.79 Å². The van der Waals surface area contributed by atoms with E-state index in [1.807, 2.05) is 30.3 Å². The van der Waals surface area contributed by atoms with Crippen LogP contribution in [0, 0.1) is 0 Å². The normalized spacial score (nSPS) is 16.3. The van der Waals surface area contributed by atoms with E-state index in [4.69, 9.17) is 0 Å². The molecular formula is C15H19NO. The molecule has 1 aromatic carbocycles. The molecule has 0 aliphatic carbocycles. The summed E-state index contributed by atoms with van der Waals surface area (Å²) in [6.07, 6.45) is 5.23. The van der Waals surface area contributed by atoms with Crippen molar-refractivity contribution in [3.8, 4) is 0 Å². The van der Waals surface area contributed by atoms with Gasteiger partial charge < -0.3 is 4.90 Å². The number of allylic oxidation sites excluding steroid dienone is 2. The van der Waals surface area contributed by atoms with Gasteiger partial charge in [0.1, 0.15) is 0 Å². The summed E-state index contributed by atoms with van der Waals surface area (Å²) in [4.78, 5) is 14.4. The Bertz CT molecular complexity index is 402. The highest BCUT2D eigenvalue weighted by Gasteiger charge is 2.14. The van der Waals surface area contributed by atoms with Crippen molar-refractivity contribution in [1.29, 1.82) is 0 Å². The molecule has 0 radical (unpaired) electrons. The zero-order chi connectivity index (χ0) is 12.1. The van der Waals surface area contributed by atoms with Crippen LogP contribution in [0.1, 0.15) is 36.5 Å². The number of ketones is 1. The summed E-state index contributed by atoms with van der Waals surface area (Å²) in [5.74, 6) is 0.120. The molecule has 0 spiro atoms. The van der Waals surface area contributed by atoms with Crippen LogP contribution >= 0.6 is 0 Å². The predicted molar refractivity (Wildman–Crippen MR) is 70.0 cm³/mol. The van der Waals surface area contributed by atoms with E-state index >= 15 is 0 Å². The van der Waals surface area contributed by atoms with E-state index < -0.39 is 0 Å². The number of benzene rings is 1. The summed E-state index contributed by atoms with van der Waals surface area (Å²) in [6.45, 7) is 4.31. The van der Waals surface area contributed by atoms with E-state index in [1.54, 1.807) is 6.08 Å². The first-order chi connectivity index (χ1) is 8.31. The van der Waals surface area contributed by atoms with Crippen LogP contribution in [0.15, 0.2) is 42.1 Å². The van der Waals surface area contributed by atoms with E-state index in [-0.39, 0.29) is 5.78 Å². The van der Waals surface area contributed by atoms with Crippen LogP contribution in [0.5, 0.6) is 0 Å². The van der Waals surface area contributed by atoms with E-state index in [0.717, 1.165) is 25.1 Å². The summed E-state index contributed by atoms with van der Waals surface area (Å²) in [5.41, 5.74) is 1.95. The highest BCUT2D eigenvalue weighted by Crippen LogP contribution is 2.17. The molecule has 0 unspecified atom stereocenters. The fourth-order valence-electron chi connectivity index (χ4n) is 2.26. The average Bonchev–Trinajstić information content (AvgIpc) is 2.90. The molecule has 1 aromatic rings. The third-order valence-electron chi connectivity index (χ3n) is 3.23. The van der Waals surface area contributed by atoms with Gasteiger partial charge in [-0.1, -0.05) is 37.3 Å². The van der Waals surface area contributed by atoms with Crippen molar-refractivity contribution in [3.05, 3.63) is 47.7 Å². The molecule has 0 amide bonds. The quantitative estimate of drug-likeness (QED) is 0.583. The minimum Gasteiger partial charge on any atom is -0.375 e. The lowest BCUT2D eigenvalue weighted by Crippen LogP contribution is -2.19. The van der Waals surface area contributed by atoms with Crippen LogP contribution in [0.4, 0.5) is 0 Å². The molecule has 2 nitrogen and oxygen atoms in total. The lowest BCUT2D eigenvalue weighted by molar-refractivity contribution is 0.104. The molecule has 0 N–H and O–H groups in total. The number of carbonyl (C=O) groups is 1. The molecule has 17 heavy (non-hydrogen) atoms. The van der Waals surface area contributed by atoms with Crippen molar-refractivity contribution in [2.75, 3.05) is 13.1 Å². The van der Waals surface area contributed by atoms with Crippen LogP contribution in [0.3, 0.4) is 0 Å². The lowest BCUT2D eigenvalue weighted by atomic mass is 10.1. The van der Waals surface area contributed by atoms with Crippen LogP contribution in [-0.4, -0.2) is 23.8 Å². The third-order valence-corrected chi connectivity index (χ3v) is 3.23. The highest BCUT2D eigenvalue weighted by atomic mass is 16.1. The molecule has 0 saturated carbocycles. The first-order valence-corrected chi connectivity index (χ1v) is 6.36. The lowest BCUT2D eigenvalue weighted by Gasteiger charge is -2.20. The molecule has 0 aromatic heterocycles. The topological polar surface area (TPSA) is 20.3 Å². The van der Waals surface area contributed by atoms with Crippen LogP contribution < -0.4 is 0 Å². The number of hydrogen-bond acceptors (Lipinski definition) is 2. The molecule has 1 fully saturated rings. The molecule has 2 rings (SSSR count). The van der Waals surface area contributed by atoms with Gasteiger partial charge in [0.05, 0.1) is 0 Å². The Morgan fingerprint density at radius 1 is 1.24 bits per heavy atom. The Balaban J connectivity index is 2.13. The van der Waals surface area contributed by atoms with Crippen molar-refractivity contribution >= 4 is 5.78 Å². The first kappa shape index (κ1) is 11.9. The molecule has 2 heteroatoms. The standard InChI is InChI=1S/C15H19NO/c1-2-14(16-10-6-7-11-16)12-15(17)13-8-4-3-5-9-13/h3-5,8-9,12H,2,6-7,10-11H2,1H3/b14-12+. The Kier molecular flexibility index (Phi) is 3.97. The monoisotopic (exact) mass is 229 g/mol. The summed E-state index contributed by atoms with van der Waals surface area (Å²) in [6, 6.07) is 9.49. The Labute approximate surface area is 103 Å². The minimum absolute atomic E-state index is 0.120. The zero-order valence-electron chi connectivity index (χ0n) is 10.4. The average molecular weight is 229 g/mol. The van der Waals surface area contributed by atoms with Gasteiger partial charge in [-0.15, -0.1) is 0 Å². The third kappa shape index (κ3) is 2.96. The van der Waals surface area contributed by atoms with Crippen molar-refractivity contribution < 1.29 is 4.79 Å². The van der Waals surface area contributed by atoms with Crippen molar-refractivity contribution in [1.82, 2.24) is 4.90 Å². The van der Waals surface area contributed by atoms with Gasteiger partial charge in [-0.2, -0.15) is 0 Å². The van der Waals surface area contributed by atoms with Gasteiger partial charge in [0.15, 0.2) is 5.78 Å². The summed E-state index contributed by atoms with van der Waals surface area (Å²) >= 11 is 0. The van der Waals surface area contributed by atoms with Gasteiger partial charge in [0, 0.05) is 30.4 Å². The SMILES string of the molecule is CC/C(=C\C(=O)c1ccccc1)N1CCCC1. The van der Waals surface area contributed by atoms with Crippen LogP contribution in [0.2, 0.25) is 0 Å². The van der Waals surface area contributed by atoms with Gasteiger partial charge >= 0.3 is 0 Å². The second-order valence-corrected chi connectivity index (χ2v) is 4.41. The summed E-state index contributed by atoms with van der Waals surface area (Å²) < 4.78 is 0. The van der Waals surface area contributed by atoms with Gasteiger partial charge in [0.25, 0.3) is 0 Å². The van der Waals surface area contributed by atoms with Crippen LogP contribution in [0.25, 0.3) is 0 Å². The smallest absolute Gasteiger partial charge is 0.187 e. The van der Waals surface area contributed by atoms with Crippen molar-refractivity contribution in [3.63, 3.8) is 0 Å². The maximum atomic E-state index is 12.1. The Morgan fingerprint density at radius 2 is 1.88 bits per heavy atom. The molecule has 90 valence electrons. The van der Waals surface area contributed by atoms with E-state index in [2.05, 4.69) is 11.8 Å².